The van der Waals surface area contributed by atoms with Crippen molar-refractivity contribution in [1.29, 1.82) is 0 Å². The Bertz CT molecular complexity index is 2020. The van der Waals surface area contributed by atoms with Crippen LogP contribution in [0.15, 0.2) is 84.9 Å². The summed E-state index contributed by atoms with van der Waals surface area (Å²) in [6.07, 6.45) is -0.103. The van der Waals surface area contributed by atoms with Crippen LogP contribution < -0.4 is 0 Å². The average Bonchev–Trinajstić information content (AvgIpc) is 3.79. The molecule has 0 bridgehead atoms. The Hall–Kier alpha value is -4.35. The van der Waals surface area contributed by atoms with Gasteiger partial charge in [0.15, 0.2) is 0 Å². The van der Waals surface area contributed by atoms with Gasteiger partial charge in [0.25, 0.3) is 0 Å². The number of hydrogen-bond donors (Lipinski definition) is 3. The third-order valence-electron chi connectivity index (χ3n) is 6.76. The van der Waals surface area contributed by atoms with E-state index in [0.717, 1.165) is 61.3 Å². The smallest absolute Gasteiger partial charge is 0.335 e. The fraction of sp³-hybridized carbons (Fsp3) is 0.0606. The van der Waals surface area contributed by atoms with Gasteiger partial charge in [-0.05, 0) is 89.8 Å². The molecule has 0 unspecified atom stereocenters. The van der Waals surface area contributed by atoms with Crippen LogP contribution in [-0.4, -0.2) is 33.2 Å². The topological polar surface area (TPSA) is 112 Å². The maximum atomic E-state index is 11.8. The number of benzene rings is 2. The van der Waals surface area contributed by atoms with E-state index in [1.54, 1.807) is 70.4 Å². The molecule has 0 fully saturated rings. The normalized spacial score (nSPS) is 11.1. The second kappa shape index (κ2) is 11.7. The lowest BCUT2D eigenvalue weighted by atomic mass is 10.1. The molecule has 6 aromatic rings. The maximum Gasteiger partial charge on any atom is 0.335 e. The molecular weight excluding hydrogens is 621 g/mol. The molecule has 0 amide bonds. The molecule has 2 aromatic carbocycles. The Morgan fingerprint density at radius 2 is 1.05 bits per heavy atom. The van der Waals surface area contributed by atoms with Crippen molar-refractivity contribution in [3.8, 4) is 50.1 Å². The molecule has 0 spiro atoms. The van der Waals surface area contributed by atoms with Crippen molar-refractivity contribution >= 4 is 63.3 Å². The van der Waals surface area contributed by atoms with E-state index >= 15 is 0 Å². The van der Waals surface area contributed by atoms with E-state index in [1.807, 2.05) is 36.4 Å². The minimum atomic E-state index is -0.984. The number of carboxylic acids is 3. The number of thiophene rings is 4. The van der Waals surface area contributed by atoms with Gasteiger partial charge in [-0.3, -0.25) is 4.79 Å². The number of aliphatic carboxylic acids is 1. The first kappa shape index (κ1) is 28.8. The number of hydrogen-bond acceptors (Lipinski definition) is 7. The Morgan fingerprint density at radius 3 is 1.58 bits per heavy atom. The third kappa shape index (κ3) is 5.95. The van der Waals surface area contributed by atoms with Gasteiger partial charge in [-0.25, -0.2) is 9.59 Å². The summed E-state index contributed by atoms with van der Waals surface area (Å²) in [7, 11) is 0. The van der Waals surface area contributed by atoms with Gasteiger partial charge in [-0.2, -0.15) is 0 Å². The van der Waals surface area contributed by atoms with Crippen LogP contribution in [0.1, 0.15) is 31.8 Å². The molecule has 0 saturated carbocycles. The van der Waals surface area contributed by atoms with Gasteiger partial charge >= 0.3 is 17.9 Å². The van der Waals surface area contributed by atoms with E-state index in [0.29, 0.717) is 0 Å². The van der Waals surface area contributed by atoms with Gasteiger partial charge < -0.3 is 15.3 Å². The lowest BCUT2D eigenvalue weighted by Crippen LogP contribution is -1.99. The van der Waals surface area contributed by atoms with Crippen LogP contribution in [0.3, 0.4) is 0 Å². The van der Waals surface area contributed by atoms with Gasteiger partial charge in [0, 0.05) is 39.0 Å². The van der Waals surface area contributed by atoms with Gasteiger partial charge in [-0.1, -0.05) is 24.3 Å². The first-order valence-corrected chi connectivity index (χ1v) is 16.3. The van der Waals surface area contributed by atoms with Crippen LogP contribution in [0, 0.1) is 6.92 Å². The van der Waals surface area contributed by atoms with Crippen molar-refractivity contribution in [3.63, 3.8) is 0 Å². The largest absolute Gasteiger partial charge is 0.481 e. The number of carboxylic acid groups (broad SMARTS) is 3. The standard InChI is InChI=1S/C33H22O6S4/c1-17-12-27(42-30(17)25-10-8-23(40-25)18-4-2-6-20(13-18)32(36)37)28-15-22(16-29(34)35)31(43-28)26-11-9-24(41-26)19-5-3-7-21(14-19)33(38)39/h2-15H,16H2,1H3,(H,34,35)(H,36,37)(H,38,39). The Morgan fingerprint density at radius 1 is 0.558 bits per heavy atom. The van der Waals surface area contributed by atoms with Crippen LogP contribution >= 0.6 is 45.3 Å². The molecular formula is C33H22O6S4. The SMILES string of the molecule is Cc1cc(-c2cc(CC(=O)O)c(-c3ccc(-c4cccc(C(=O)O)c4)s3)s2)sc1-c1ccc(-c2cccc(C(=O)O)c2)s1. The van der Waals surface area contributed by atoms with Crippen LogP contribution in [0.5, 0.6) is 0 Å². The molecule has 3 N–H and O–H groups in total. The van der Waals surface area contributed by atoms with Crippen LogP contribution in [0.25, 0.3) is 50.1 Å². The van der Waals surface area contributed by atoms with Crippen molar-refractivity contribution < 1.29 is 29.7 Å². The highest BCUT2D eigenvalue weighted by molar-refractivity contribution is 7.29. The lowest BCUT2D eigenvalue weighted by molar-refractivity contribution is -0.136. The molecule has 6 rings (SSSR count). The summed E-state index contributed by atoms with van der Waals surface area (Å²) in [6, 6.07) is 25.8. The lowest BCUT2D eigenvalue weighted by Gasteiger charge is -2.00. The summed E-state index contributed by atoms with van der Waals surface area (Å²) < 4.78 is 0. The molecule has 0 aliphatic rings. The highest BCUT2D eigenvalue weighted by Crippen LogP contribution is 2.48. The first-order chi connectivity index (χ1) is 20.7. The van der Waals surface area contributed by atoms with Crippen molar-refractivity contribution in [2.45, 2.75) is 13.3 Å². The number of rotatable bonds is 9. The molecule has 4 aromatic heterocycles. The van der Waals surface area contributed by atoms with Gasteiger partial charge in [-0.15, -0.1) is 45.3 Å². The summed E-state index contributed by atoms with van der Waals surface area (Å²) in [5.41, 5.74) is 3.98. The summed E-state index contributed by atoms with van der Waals surface area (Å²) in [6.45, 7) is 2.06. The van der Waals surface area contributed by atoms with E-state index in [4.69, 9.17) is 0 Å². The zero-order valence-electron chi connectivity index (χ0n) is 22.5. The summed E-state index contributed by atoms with van der Waals surface area (Å²) in [5.74, 6) is -2.85. The van der Waals surface area contributed by atoms with Gasteiger partial charge in [0.2, 0.25) is 0 Å². The molecule has 0 atom stereocenters. The van der Waals surface area contributed by atoms with Crippen molar-refractivity contribution in [3.05, 3.63) is 107 Å². The predicted molar refractivity (Wildman–Crippen MR) is 175 cm³/mol. The number of carbonyl (C=O) groups is 3. The monoisotopic (exact) mass is 642 g/mol. The van der Waals surface area contributed by atoms with Crippen LogP contribution in [0.2, 0.25) is 0 Å². The maximum absolute atomic E-state index is 11.8. The number of aromatic carboxylic acids is 2. The second-order valence-electron chi connectivity index (χ2n) is 9.76. The van der Waals surface area contributed by atoms with Gasteiger partial charge in [0.1, 0.15) is 0 Å². The quantitative estimate of drug-likeness (QED) is 0.145. The molecule has 4 heterocycles. The third-order valence-corrected chi connectivity index (χ3v) is 12.0. The Kier molecular flexibility index (Phi) is 7.85. The molecule has 0 saturated heterocycles. The van der Waals surface area contributed by atoms with E-state index in [-0.39, 0.29) is 17.5 Å². The minimum Gasteiger partial charge on any atom is -0.481 e. The molecule has 214 valence electrons. The first-order valence-electron chi connectivity index (χ1n) is 13.0. The Balaban J connectivity index is 1.33. The minimum absolute atomic E-state index is 0.103. The van der Waals surface area contributed by atoms with E-state index in [2.05, 4.69) is 19.1 Å². The van der Waals surface area contributed by atoms with Crippen molar-refractivity contribution in [1.82, 2.24) is 0 Å². The summed E-state index contributed by atoms with van der Waals surface area (Å²) >= 11 is 6.33. The van der Waals surface area contributed by atoms with Crippen molar-refractivity contribution in [2.24, 2.45) is 0 Å². The number of aryl methyl sites for hydroxylation is 1. The fourth-order valence-electron chi connectivity index (χ4n) is 4.74. The molecule has 6 nitrogen and oxygen atoms in total. The summed E-state index contributed by atoms with van der Waals surface area (Å²) in [5, 5.41) is 28.4. The average molecular weight is 643 g/mol. The molecule has 10 heteroatoms. The summed E-state index contributed by atoms with van der Waals surface area (Å²) in [4.78, 5) is 42.6. The highest BCUT2D eigenvalue weighted by atomic mass is 32.1. The molecule has 43 heavy (non-hydrogen) atoms. The zero-order chi connectivity index (χ0) is 30.2. The van der Waals surface area contributed by atoms with Crippen LogP contribution in [-0.2, 0) is 11.2 Å². The highest BCUT2D eigenvalue weighted by Gasteiger charge is 2.20. The van der Waals surface area contributed by atoms with E-state index in [9.17, 15) is 29.7 Å². The van der Waals surface area contributed by atoms with E-state index < -0.39 is 17.9 Å². The van der Waals surface area contributed by atoms with Crippen molar-refractivity contribution in [2.75, 3.05) is 0 Å². The Labute approximate surface area is 262 Å². The molecule has 0 radical (unpaired) electrons. The van der Waals surface area contributed by atoms with E-state index in [1.165, 1.54) is 11.3 Å². The van der Waals surface area contributed by atoms with Gasteiger partial charge in [0.05, 0.1) is 17.5 Å². The second-order valence-corrected chi connectivity index (χ2v) is 14.0. The fourth-order valence-corrected chi connectivity index (χ4v) is 9.49. The predicted octanol–water partition coefficient (Wildman–Crippen LogP) is 9.60. The molecule has 0 aliphatic carbocycles. The zero-order valence-corrected chi connectivity index (χ0v) is 25.8. The molecule has 0 aliphatic heterocycles. The van der Waals surface area contributed by atoms with Crippen LogP contribution in [0.4, 0.5) is 0 Å².